The first-order valence-electron chi connectivity index (χ1n) is 6.75. The lowest BCUT2D eigenvalue weighted by atomic mass is 10.0. The number of nitrogens with zero attached hydrogens (tertiary/aromatic N) is 2. The second-order valence-electron chi connectivity index (χ2n) is 5.34. The van der Waals surface area contributed by atoms with Crippen LogP contribution in [0.4, 0.5) is 11.8 Å². The molecule has 1 saturated carbocycles. The third-order valence-corrected chi connectivity index (χ3v) is 3.97. The van der Waals surface area contributed by atoms with Gasteiger partial charge >= 0.3 is 0 Å². The molecule has 1 fully saturated rings. The number of nitrogen functional groups attached to an aromatic ring is 1. The summed E-state index contributed by atoms with van der Waals surface area (Å²) >= 11 is 5.93. The molecule has 2 aromatic rings. The van der Waals surface area contributed by atoms with E-state index in [9.17, 15) is 0 Å². The van der Waals surface area contributed by atoms with Gasteiger partial charge in [-0.1, -0.05) is 48.9 Å². The number of benzene rings is 1. The number of rotatable bonds is 4. The van der Waals surface area contributed by atoms with Crippen LogP contribution in [-0.2, 0) is 0 Å². The monoisotopic (exact) mass is 288 g/mol. The van der Waals surface area contributed by atoms with E-state index in [1.807, 2.05) is 6.07 Å². The summed E-state index contributed by atoms with van der Waals surface area (Å²) in [7, 11) is 0. The van der Waals surface area contributed by atoms with Gasteiger partial charge in [-0.3, -0.25) is 0 Å². The van der Waals surface area contributed by atoms with E-state index in [1.165, 1.54) is 12.0 Å². The van der Waals surface area contributed by atoms with Gasteiger partial charge in [0.15, 0.2) is 0 Å². The van der Waals surface area contributed by atoms with E-state index in [4.69, 9.17) is 17.3 Å². The fourth-order valence-corrected chi connectivity index (χ4v) is 2.77. The first-order chi connectivity index (χ1) is 9.63. The predicted octanol–water partition coefficient (Wildman–Crippen LogP) is 3.52. The molecule has 3 N–H and O–H groups in total. The van der Waals surface area contributed by atoms with Crippen molar-refractivity contribution in [2.75, 3.05) is 11.1 Å². The van der Waals surface area contributed by atoms with Crippen molar-refractivity contribution in [2.45, 2.75) is 19.4 Å². The Kier molecular flexibility index (Phi) is 3.49. The number of hydrogen-bond acceptors (Lipinski definition) is 4. The molecule has 1 aromatic carbocycles. The minimum Gasteiger partial charge on any atom is -0.368 e. The molecule has 0 amide bonds. The summed E-state index contributed by atoms with van der Waals surface area (Å²) < 4.78 is 0. The summed E-state index contributed by atoms with van der Waals surface area (Å²) in [5, 5.41) is 3.81. The van der Waals surface area contributed by atoms with Crippen LogP contribution in [0.1, 0.15) is 24.9 Å². The Morgan fingerprint density at radius 3 is 2.60 bits per heavy atom. The van der Waals surface area contributed by atoms with E-state index in [0.717, 1.165) is 5.92 Å². The van der Waals surface area contributed by atoms with Gasteiger partial charge in [-0.15, -0.1) is 0 Å². The van der Waals surface area contributed by atoms with E-state index in [0.29, 0.717) is 16.9 Å². The zero-order valence-electron chi connectivity index (χ0n) is 11.3. The zero-order chi connectivity index (χ0) is 14.1. The lowest BCUT2D eigenvalue weighted by Crippen LogP contribution is -2.15. The van der Waals surface area contributed by atoms with Gasteiger partial charge in [0.1, 0.15) is 11.0 Å². The highest BCUT2D eigenvalue weighted by Crippen LogP contribution is 2.48. The molecule has 3 rings (SSSR count). The Bertz CT molecular complexity index is 582. The van der Waals surface area contributed by atoms with Gasteiger partial charge in [0.2, 0.25) is 5.95 Å². The zero-order valence-corrected chi connectivity index (χ0v) is 12.0. The van der Waals surface area contributed by atoms with Crippen molar-refractivity contribution in [3.8, 4) is 0 Å². The smallest absolute Gasteiger partial charge is 0.223 e. The van der Waals surface area contributed by atoms with Crippen molar-refractivity contribution in [1.82, 2.24) is 9.97 Å². The van der Waals surface area contributed by atoms with Crippen molar-refractivity contribution in [3.63, 3.8) is 0 Å². The van der Waals surface area contributed by atoms with Crippen LogP contribution in [-0.4, -0.2) is 9.97 Å². The van der Waals surface area contributed by atoms with Gasteiger partial charge < -0.3 is 11.1 Å². The lowest BCUT2D eigenvalue weighted by Gasteiger charge is -2.20. The molecule has 0 radical (unpaired) electrons. The van der Waals surface area contributed by atoms with Crippen molar-refractivity contribution in [2.24, 2.45) is 11.8 Å². The third-order valence-electron chi connectivity index (χ3n) is 3.77. The Morgan fingerprint density at radius 1 is 1.30 bits per heavy atom. The minimum atomic E-state index is 0.190. The van der Waals surface area contributed by atoms with E-state index in [2.05, 4.69) is 46.5 Å². The van der Waals surface area contributed by atoms with E-state index >= 15 is 0 Å². The molecule has 1 aliphatic carbocycles. The normalized spacial score (nSPS) is 22.3. The first kappa shape index (κ1) is 13.2. The Labute approximate surface area is 123 Å². The molecule has 0 saturated heterocycles. The van der Waals surface area contributed by atoms with E-state index < -0.39 is 0 Å². The summed E-state index contributed by atoms with van der Waals surface area (Å²) in [6.07, 6.45) is 1.22. The quantitative estimate of drug-likeness (QED) is 0.845. The molecular weight excluding hydrogens is 272 g/mol. The maximum absolute atomic E-state index is 5.93. The largest absolute Gasteiger partial charge is 0.368 e. The number of nitrogens with one attached hydrogen (secondary N) is 1. The highest BCUT2D eigenvalue weighted by Gasteiger charge is 2.40. The van der Waals surface area contributed by atoms with E-state index in [1.54, 1.807) is 6.07 Å². The van der Waals surface area contributed by atoms with Crippen molar-refractivity contribution in [1.29, 1.82) is 0 Å². The number of aromatic nitrogens is 2. The van der Waals surface area contributed by atoms with Crippen LogP contribution in [0, 0.1) is 11.8 Å². The molecule has 0 bridgehead atoms. The molecular formula is C15H17ClN4. The van der Waals surface area contributed by atoms with Gasteiger partial charge in [-0.05, 0) is 23.8 Å². The molecule has 20 heavy (non-hydrogen) atoms. The number of hydrogen-bond donors (Lipinski definition) is 2. The average molecular weight is 289 g/mol. The summed E-state index contributed by atoms with van der Waals surface area (Å²) in [6.45, 7) is 2.27. The molecule has 4 nitrogen and oxygen atoms in total. The Morgan fingerprint density at radius 2 is 2.00 bits per heavy atom. The van der Waals surface area contributed by atoms with Gasteiger partial charge in [-0.2, -0.15) is 4.98 Å². The second kappa shape index (κ2) is 5.29. The molecule has 3 unspecified atom stereocenters. The van der Waals surface area contributed by atoms with E-state index in [-0.39, 0.29) is 12.0 Å². The number of nitrogens with two attached hydrogens (primary N) is 1. The molecule has 1 heterocycles. The predicted molar refractivity (Wildman–Crippen MR) is 81.5 cm³/mol. The van der Waals surface area contributed by atoms with Crippen molar-refractivity contribution in [3.05, 3.63) is 47.1 Å². The van der Waals surface area contributed by atoms with Crippen LogP contribution in [0.15, 0.2) is 36.4 Å². The fraction of sp³-hybridized carbons (Fsp3) is 0.333. The van der Waals surface area contributed by atoms with Crippen LogP contribution in [0.25, 0.3) is 0 Å². The summed E-state index contributed by atoms with van der Waals surface area (Å²) in [4.78, 5) is 8.09. The van der Waals surface area contributed by atoms with Crippen LogP contribution >= 0.6 is 11.6 Å². The molecule has 0 aliphatic heterocycles. The summed E-state index contributed by atoms with van der Waals surface area (Å²) in [5.41, 5.74) is 6.91. The van der Waals surface area contributed by atoms with Crippen molar-refractivity contribution >= 4 is 23.4 Å². The molecule has 5 heteroatoms. The van der Waals surface area contributed by atoms with Gasteiger partial charge in [0.05, 0.1) is 6.04 Å². The van der Waals surface area contributed by atoms with Crippen molar-refractivity contribution < 1.29 is 0 Å². The molecule has 104 valence electrons. The van der Waals surface area contributed by atoms with Crippen LogP contribution in [0.5, 0.6) is 0 Å². The van der Waals surface area contributed by atoms with Crippen LogP contribution < -0.4 is 11.1 Å². The van der Waals surface area contributed by atoms with Gasteiger partial charge in [0.25, 0.3) is 0 Å². The van der Waals surface area contributed by atoms with Crippen LogP contribution in [0.3, 0.4) is 0 Å². The molecule has 0 spiro atoms. The molecule has 3 atom stereocenters. The SMILES string of the molecule is CC1CC1C(Nc1cc(Cl)nc(N)n1)c1ccccc1. The highest BCUT2D eigenvalue weighted by molar-refractivity contribution is 6.29. The minimum absolute atomic E-state index is 0.190. The second-order valence-corrected chi connectivity index (χ2v) is 5.73. The first-order valence-corrected chi connectivity index (χ1v) is 7.13. The topological polar surface area (TPSA) is 63.8 Å². The fourth-order valence-electron chi connectivity index (χ4n) is 2.58. The lowest BCUT2D eigenvalue weighted by molar-refractivity contribution is 0.629. The maximum atomic E-state index is 5.93. The summed E-state index contributed by atoms with van der Waals surface area (Å²) in [5.74, 6) is 2.21. The average Bonchev–Trinajstić information content (AvgIpc) is 3.13. The number of anilines is 2. The Balaban J connectivity index is 1.87. The highest BCUT2D eigenvalue weighted by atomic mass is 35.5. The molecule has 1 aliphatic rings. The maximum Gasteiger partial charge on any atom is 0.223 e. The number of halogens is 1. The molecule has 1 aromatic heterocycles. The standard InChI is InChI=1S/C15H17ClN4/c1-9-7-11(9)14(10-5-3-2-4-6-10)19-13-8-12(16)18-15(17)20-13/h2-6,8-9,11,14H,7H2,1H3,(H3,17,18,19,20). The Hall–Kier alpha value is -1.81. The van der Waals surface area contributed by atoms with Gasteiger partial charge in [-0.25, -0.2) is 4.98 Å². The van der Waals surface area contributed by atoms with Gasteiger partial charge in [0, 0.05) is 6.07 Å². The summed E-state index contributed by atoms with van der Waals surface area (Å²) in [6, 6.07) is 12.3. The third kappa shape index (κ3) is 2.85. The van der Waals surface area contributed by atoms with Crippen LogP contribution in [0.2, 0.25) is 5.15 Å².